The molecule has 0 bridgehead atoms. The van der Waals surface area contributed by atoms with Gasteiger partial charge in [0.1, 0.15) is 5.69 Å². The van der Waals surface area contributed by atoms with Crippen molar-refractivity contribution in [3.8, 4) is 0 Å². The third-order valence-electron chi connectivity index (χ3n) is 2.08. The second-order valence-electron chi connectivity index (χ2n) is 3.54. The number of aromatic nitrogens is 1. The molecule has 0 aliphatic rings. The van der Waals surface area contributed by atoms with Gasteiger partial charge in [-0.25, -0.2) is 0 Å². The van der Waals surface area contributed by atoms with E-state index in [2.05, 4.69) is 4.98 Å². The highest BCUT2D eigenvalue weighted by atomic mass is 19.3. The highest BCUT2D eigenvalue weighted by molar-refractivity contribution is 5.22. The number of alkyl halides is 2. The molecule has 4 heteroatoms. The molecular weight excluding hydrogens is 210 g/mol. The van der Waals surface area contributed by atoms with Gasteiger partial charge in [-0.3, -0.25) is 4.98 Å². The third-order valence-corrected chi connectivity index (χ3v) is 2.08. The molecule has 0 atom stereocenters. The Morgan fingerprint density at radius 2 is 1.94 bits per heavy atom. The molecule has 2 N–H and O–H groups in total. The Kier molecular flexibility index (Phi) is 6.11. The summed E-state index contributed by atoms with van der Waals surface area (Å²) in [6.07, 6.45) is 1.40. The van der Waals surface area contributed by atoms with Gasteiger partial charge in [-0.2, -0.15) is 8.78 Å². The number of nitrogens with two attached hydrogens (primary N) is 1. The molecule has 0 aromatic carbocycles. The minimum absolute atomic E-state index is 0.213. The van der Waals surface area contributed by atoms with Crippen molar-refractivity contribution in [2.24, 2.45) is 5.73 Å². The molecule has 0 saturated heterocycles. The van der Waals surface area contributed by atoms with Gasteiger partial charge in [0.15, 0.2) is 0 Å². The maximum Gasteiger partial charge on any atom is 0.301 e. The molecule has 92 valence electrons. The van der Waals surface area contributed by atoms with E-state index in [0.29, 0.717) is 0 Å². The normalized spacial score (nSPS) is 11.0. The van der Waals surface area contributed by atoms with Crippen LogP contribution >= 0.6 is 0 Å². The summed E-state index contributed by atoms with van der Waals surface area (Å²) >= 11 is 0. The first-order valence-electron chi connectivity index (χ1n) is 5.51. The van der Waals surface area contributed by atoms with E-state index in [0.717, 1.165) is 5.56 Å². The predicted molar refractivity (Wildman–Crippen MR) is 62.6 cm³/mol. The van der Waals surface area contributed by atoms with E-state index in [4.69, 9.17) is 5.73 Å². The Labute approximate surface area is 95.9 Å². The standard InChI is InChI=1S/C10H14F2N2.C2H6/c1-7(2)8-3-4-14-9(5-8)10(11,12)6-13;1-2/h3-5,7H,6,13H2,1-2H3;1-2H3. The van der Waals surface area contributed by atoms with Crippen LogP contribution in [0.2, 0.25) is 0 Å². The fraction of sp³-hybridized carbons (Fsp3) is 0.583. The van der Waals surface area contributed by atoms with Crippen LogP contribution in [0.3, 0.4) is 0 Å². The van der Waals surface area contributed by atoms with Crippen LogP contribution in [0, 0.1) is 0 Å². The van der Waals surface area contributed by atoms with E-state index >= 15 is 0 Å². The third kappa shape index (κ3) is 3.85. The quantitative estimate of drug-likeness (QED) is 0.865. The molecule has 16 heavy (non-hydrogen) atoms. The van der Waals surface area contributed by atoms with Crippen LogP contribution in [0.15, 0.2) is 18.3 Å². The first-order chi connectivity index (χ1) is 7.47. The second kappa shape index (κ2) is 6.53. The van der Waals surface area contributed by atoms with Gasteiger partial charge in [-0.1, -0.05) is 27.7 Å². The van der Waals surface area contributed by atoms with Crippen LogP contribution in [-0.2, 0) is 5.92 Å². The molecule has 0 radical (unpaired) electrons. The van der Waals surface area contributed by atoms with Gasteiger partial charge in [-0.05, 0) is 23.6 Å². The molecule has 0 fully saturated rings. The summed E-state index contributed by atoms with van der Waals surface area (Å²) in [6.45, 7) is 7.18. The largest absolute Gasteiger partial charge is 0.325 e. The van der Waals surface area contributed by atoms with Crippen LogP contribution < -0.4 is 5.73 Å². The van der Waals surface area contributed by atoms with Gasteiger partial charge in [0.2, 0.25) is 0 Å². The van der Waals surface area contributed by atoms with E-state index in [9.17, 15) is 8.78 Å². The summed E-state index contributed by atoms with van der Waals surface area (Å²) in [5.41, 5.74) is 5.58. The summed E-state index contributed by atoms with van der Waals surface area (Å²) in [7, 11) is 0. The van der Waals surface area contributed by atoms with Crippen LogP contribution in [0.25, 0.3) is 0 Å². The van der Waals surface area contributed by atoms with Crippen molar-refractivity contribution in [3.63, 3.8) is 0 Å². The first-order valence-corrected chi connectivity index (χ1v) is 5.51. The summed E-state index contributed by atoms with van der Waals surface area (Å²) in [5, 5.41) is 0. The SMILES string of the molecule is CC.CC(C)c1ccnc(C(F)(F)CN)c1. The van der Waals surface area contributed by atoms with Gasteiger partial charge >= 0.3 is 5.92 Å². The molecule has 0 amide bonds. The molecule has 0 aliphatic heterocycles. The van der Waals surface area contributed by atoms with E-state index in [1.165, 1.54) is 12.3 Å². The van der Waals surface area contributed by atoms with Crippen molar-refractivity contribution in [3.05, 3.63) is 29.6 Å². The smallest absolute Gasteiger partial charge is 0.301 e. The number of hydrogen-bond acceptors (Lipinski definition) is 2. The lowest BCUT2D eigenvalue weighted by Crippen LogP contribution is -2.26. The Hall–Kier alpha value is -1.03. The van der Waals surface area contributed by atoms with Gasteiger partial charge in [0.05, 0.1) is 6.54 Å². The van der Waals surface area contributed by atoms with Crippen molar-refractivity contribution in [2.45, 2.75) is 39.5 Å². The predicted octanol–water partition coefficient (Wildman–Crippen LogP) is 3.28. The van der Waals surface area contributed by atoms with Crippen LogP contribution in [-0.4, -0.2) is 11.5 Å². The zero-order valence-electron chi connectivity index (χ0n) is 10.3. The Morgan fingerprint density at radius 3 is 2.38 bits per heavy atom. The molecule has 1 rings (SSSR count). The lowest BCUT2D eigenvalue weighted by molar-refractivity contribution is 0.00129. The van der Waals surface area contributed by atoms with Gasteiger partial charge in [0, 0.05) is 6.20 Å². The zero-order chi connectivity index (χ0) is 12.8. The maximum absolute atomic E-state index is 13.1. The molecule has 1 aromatic rings. The molecular formula is C12H20F2N2. The molecule has 1 aromatic heterocycles. The number of pyridine rings is 1. The lowest BCUT2D eigenvalue weighted by atomic mass is 10.0. The van der Waals surface area contributed by atoms with Gasteiger partial charge in [0.25, 0.3) is 0 Å². The monoisotopic (exact) mass is 230 g/mol. The van der Waals surface area contributed by atoms with Gasteiger partial charge in [-0.15, -0.1) is 0 Å². The first kappa shape index (κ1) is 15.0. The number of halogens is 2. The lowest BCUT2D eigenvalue weighted by Gasteiger charge is -2.14. The Morgan fingerprint density at radius 1 is 1.38 bits per heavy atom. The molecule has 1 heterocycles. The summed E-state index contributed by atoms with van der Waals surface area (Å²) in [4.78, 5) is 3.63. The topological polar surface area (TPSA) is 38.9 Å². The van der Waals surface area contributed by atoms with Crippen LogP contribution in [0.5, 0.6) is 0 Å². The number of hydrogen-bond donors (Lipinski definition) is 1. The van der Waals surface area contributed by atoms with Gasteiger partial charge < -0.3 is 5.73 Å². The van der Waals surface area contributed by atoms with Crippen molar-refractivity contribution in [1.29, 1.82) is 0 Å². The van der Waals surface area contributed by atoms with E-state index in [1.54, 1.807) is 6.07 Å². The fourth-order valence-corrected chi connectivity index (χ4v) is 1.11. The van der Waals surface area contributed by atoms with E-state index < -0.39 is 12.5 Å². The Balaban J connectivity index is 0.00000106. The zero-order valence-corrected chi connectivity index (χ0v) is 10.3. The molecule has 2 nitrogen and oxygen atoms in total. The number of rotatable bonds is 3. The Bertz CT molecular complexity index is 312. The van der Waals surface area contributed by atoms with E-state index in [-0.39, 0.29) is 11.6 Å². The maximum atomic E-state index is 13.1. The van der Waals surface area contributed by atoms with Crippen molar-refractivity contribution >= 4 is 0 Å². The van der Waals surface area contributed by atoms with Crippen LogP contribution in [0.1, 0.15) is 44.9 Å². The van der Waals surface area contributed by atoms with E-state index in [1.807, 2.05) is 27.7 Å². The minimum Gasteiger partial charge on any atom is -0.325 e. The summed E-state index contributed by atoms with van der Waals surface area (Å²) in [5.74, 6) is -2.81. The molecule has 0 aliphatic carbocycles. The fourth-order valence-electron chi connectivity index (χ4n) is 1.11. The summed E-state index contributed by atoms with van der Waals surface area (Å²) < 4.78 is 26.3. The van der Waals surface area contributed by atoms with Crippen molar-refractivity contribution in [1.82, 2.24) is 4.98 Å². The average molecular weight is 230 g/mol. The second-order valence-corrected chi connectivity index (χ2v) is 3.54. The highest BCUT2D eigenvalue weighted by Gasteiger charge is 2.31. The molecule has 0 saturated carbocycles. The number of nitrogens with zero attached hydrogens (tertiary/aromatic N) is 1. The minimum atomic E-state index is -3.02. The summed E-state index contributed by atoms with van der Waals surface area (Å²) in [6, 6.07) is 3.15. The molecule has 0 unspecified atom stereocenters. The van der Waals surface area contributed by atoms with Crippen molar-refractivity contribution < 1.29 is 8.78 Å². The van der Waals surface area contributed by atoms with Crippen LogP contribution in [0.4, 0.5) is 8.78 Å². The average Bonchev–Trinajstić information content (AvgIpc) is 2.32. The van der Waals surface area contributed by atoms with Crippen molar-refractivity contribution in [2.75, 3.05) is 6.54 Å². The highest BCUT2D eigenvalue weighted by Crippen LogP contribution is 2.26. The molecule has 0 spiro atoms.